The maximum absolute atomic E-state index is 11.1. The number of carbonyl (C=O) groups is 1. The van der Waals surface area contributed by atoms with Gasteiger partial charge in [-0.25, -0.2) is 4.79 Å². The summed E-state index contributed by atoms with van der Waals surface area (Å²) in [4.78, 5) is 11.1. The van der Waals surface area contributed by atoms with E-state index in [1.54, 1.807) is 12.1 Å². The molecule has 0 aliphatic rings. The minimum Gasteiger partial charge on any atom is -0.463 e. The smallest absolute Gasteiger partial charge is 0.373 e. The van der Waals surface area contributed by atoms with Crippen LogP contribution in [0.5, 0.6) is 0 Å². The number of nitrogens with zero attached hydrogens (tertiary/aromatic N) is 1. The van der Waals surface area contributed by atoms with E-state index in [0.717, 1.165) is 11.4 Å². The molecule has 0 saturated carbocycles. The summed E-state index contributed by atoms with van der Waals surface area (Å²) in [5.74, 6) is 0.258. The summed E-state index contributed by atoms with van der Waals surface area (Å²) in [5, 5.41) is 6.76. The Labute approximate surface area is 86.0 Å². The van der Waals surface area contributed by atoms with Gasteiger partial charge >= 0.3 is 5.97 Å². The van der Waals surface area contributed by atoms with Gasteiger partial charge in [0, 0.05) is 0 Å². The van der Waals surface area contributed by atoms with Crippen LogP contribution in [0.3, 0.4) is 0 Å². The van der Waals surface area contributed by atoms with Gasteiger partial charge in [0.15, 0.2) is 5.76 Å². The minimum atomic E-state index is -0.488. The molecule has 2 rings (SSSR count). The number of hydrogen-bond acceptors (Lipinski definition) is 4. The Morgan fingerprint density at radius 1 is 1.53 bits per heavy atom. The summed E-state index contributed by atoms with van der Waals surface area (Å²) in [6.45, 7) is 1.87. The number of H-pyrrole nitrogens is 1. The average molecular weight is 206 g/mol. The molecule has 0 spiro atoms. The Morgan fingerprint density at radius 2 is 2.33 bits per heavy atom. The zero-order chi connectivity index (χ0) is 10.8. The zero-order valence-corrected chi connectivity index (χ0v) is 8.40. The fraction of sp³-hybridized carbons (Fsp3) is 0.200. The van der Waals surface area contributed by atoms with Gasteiger partial charge in [-0.05, 0) is 25.1 Å². The van der Waals surface area contributed by atoms with E-state index < -0.39 is 5.97 Å². The van der Waals surface area contributed by atoms with Gasteiger partial charge in [0.25, 0.3) is 0 Å². The fourth-order valence-corrected chi connectivity index (χ4v) is 1.24. The molecule has 0 fully saturated rings. The van der Waals surface area contributed by atoms with Crippen molar-refractivity contribution in [1.29, 1.82) is 0 Å². The Morgan fingerprint density at radius 3 is 2.93 bits per heavy atom. The molecule has 5 nitrogen and oxygen atoms in total. The summed E-state index contributed by atoms with van der Waals surface area (Å²) in [6, 6.07) is 5.09. The van der Waals surface area contributed by atoms with Crippen molar-refractivity contribution in [2.75, 3.05) is 7.11 Å². The SMILES string of the molecule is COC(=O)c1ccc(-c2cc(C)n[nH]2)o1. The van der Waals surface area contributed by atoms with Gasteiger partial charge < -0.3 is 9.15 Å². The third-order valence-corrected chi connectivity index (χ3v) is 1.96. The number of ether oxygens (including phenoxy) is 1. The molecule has 0 bridgehead atoms. The van der Waals surface area contributed by atoms with E-state index in [1.807, 2.05) is 13.0 Å². The first kappa shape index (κ1) is 9.51. The summed E-state index contributed by atoms with van der Waals surface area (Å²) >= 11 is 0. The van der Waals surface area contributed by atoms with E-state index in [4.69, 9.17) is 4.42 Å². The van der Waals surface area contributed by atoms with Crippen molar-refractivity contribution in [3.05, 3.63) is 29.7 Å². The highest BCUT2D eigenvalue weighted by Crippen LogP contribution is 2.20. The minimum absolute atomic E-state index is 0.180. The first-order chi connectivity index (χ1) is 7.20. The lowest BCUT2D eigenvalue weighted by atomic mass is 10.3. The van der Waals surface area contributed by atoms with E-state index >= 15 is 0 Å². The Hall–Kier alpha value is -2.04. The molecule has 1 N–H and O–H groups in total. The van der Waals surface area contributed by atoms with E-state index in [2.05, 4.69) is 14.9 Å². The lowest BCUT2D eigenvalue weighted by Gasteiger charge is -1.92. The van der Waals surface area contributed by atoms with Gasteiger partial charge in [-0.2, -0.15) is 5.10 Å². The first-order valence-corrected chi connectivity index (χ1v) is 4.41. The fourth-order valence-electron chi connectivity index (χ4n) is 1.24. The van der Waals surface area contributed by atoms with Crippen molar-refractivity contribution in [2.24, 2.45) is 0 Å². The van der Waals surface area contributed by atoms with Crippen LogP contribution in [0.1, 0.15) is 16.2 Å². The van der Waals surface area contributed by atoms with Crippen molar-refractivity contribution >= 4 is 5.97 Å². The van der Waals surface area contributed by atoms with E-state index in [1.165, 1.54) is 7.11 Å². The Kier molecular flexibility index (Phi) is 2.29. The molecule has 0 unspecified atom stereocenters. The van der Waals surface area contributed by atoms with Gasteiger partial charge in [-0.15, -0.1) is 0 Å². The Balaban J connectivity index is 2.31. The molecule has 0 amide bonds. The highest BCUT2D eigenvalue weighted by atomic mass is 16.5. The number of aromatic amines is 1. The largest absolute Gasteiger partial charge is 0.463 e. The molecule has 78 valence electrons. The standard InChI is InChI=1S/C10H10N2O3/c1-6-5-7(12-11-6)8-3-4-9(15-8)10(13)14-2/h3-5H,1-2H3,(H,11,12). The molecule has 0 radical (unpaired) electrons. The number of aromatic nitrogens is 2. The predicted octanol–water partition coefficient (Wildman–Crippen LogP) is 1.76. The molecule has 15 heavy (non-hydrogen) atoms. The molecule has 0 aromatic carbocycles. The van der Waals surface area contributed by atoms with Crippen molar-refractivity contribution < 1.29 is 13.9 Å². The maximum atomic E-state index is 11.1. The molecule has 0 aliphatic carbocycles. The quantitative estimate of drug-likeness (QED) is 0.760. The van der Waals surface area contributed by atoms with Crippen LogP contribution < -0.4 is 0 Å². The molecule has 5 heteroatoms. The van der Waals surface area contributed by atoms with Crippen LogP contribution in [0, 0.1) is 6.92 Å². The number of nitrogens with one attached hydrogen (secondary N) is 1. The first-order valence-electron chi connectivity index (χ1n) is 4.41. The van der Waals surface area contributed by atoms with Crippen molar-refractivity contribution in [3.63, 3.8) is 0 Å². The highest BCUT2D eigenvalue weighted by Gasteiger charge is 2.12. The monoisotopic (exact) mass is 206 g/mol. The number of furan rings is 1. The van der Waals surface area contributed by atoms with Crippen LogP contribution in [0.4, 0.5) is 0 Å². The molecule has 2 aromatic heterocycles. The number of carbonyl (C=O) groups excluding carboxylic acids is 1. The molecule has 0 atom stereocenters. The summed E-state index contributed by atoms with van der Waals surface area (Å²) in [5.41, 5.74) is 1.60. The average Bonchev–Trinajstić information content (AvgIpc) is 2.84. The lowest BCUT2D eigenvalue weighted by Crippen LogP contribution is -1.98. The predicted molar refractivity (Wildman–Crippen MR) is 52.4 cm³/mol. The number of esters is 1. The summed E-state index contributed by atoms with van der Waals surface area (Å²) in [6.07, 6.45) is 0. The second-order valence-corrected chi connectivity index (χ2v) is 3.08. The molecule has 2 aromatic rings. The maximum Gasteiger partial charge on any atom is 0.373 e. The summed E-state index contributed by atoms with van der Waals surface area (Å²) in [7, 11) is 1.31. The third-order valence-electron chi connectivity index (χ3n) is 1.96. The molecular weight excluding hydrogens is 196 g/mol. The van der Waals surface area contributed by atoms with E-state index in [-0.39, 0.29) is 5.76 Å². The van der Waals surface area contributed by atoms with Crippen molar-refractivity contribution in [3.8, 4) is 11.5 Å². The van der Waals surface area contributed by atoms with Crippen molar-refractivity contribution in [1.82, 2.24) is 10.2 Å². The van der Waals surface area contributed by atoms with Crippen molar-refractivity contribution in [2.45, 2.75) is 6.92 Å². The summed E-state index contributed by atoms with van der Waals surface area (Å²) < 4.78 is 9.82. The van der Waals surface area contributed by atoms with E-state index in [9.17, 15) is 4.79 Å². The van der Waals surface area contributed by atoms with E-state index in [0.29, 0.717) is 5.76 Å². The number of methoxy groups -OCH3 is 1. The number of hydrogen-bond donors (Lipinski definition) is 1. The van der Waals surface area contributed by atoms with Crippen LogP contribution in [0.2, 0.25) is 0 Å². The molecule has 0 aliphatic heterocycles. The molecular formula is C10H10N2O3. The second kappa shape index (κ2) is 3.61. The Bertz CT molecular complexity index is 484. The van der Waals surface area contributed by atoms with Crippen LogP contribution in [0.25, 0.3) is 11.5 Å². The van der Waals surface area contributed by atoms with Gasteiger partial charge in [0.2, 0.25) is 5.76 Å². The number of rotatable bonds is 2. The molecule has 2 heterocycles. The lowest BCUT2D eigenvalue weighted by molar-refractivity contribution is 0.0566. The van der Waals surface area contributed by atoms with Crippen LogP contribution in [0.15, 0.2) is 22.6 Å². The van der Waals surface area contributed by atoms with Crippen LogP contribution >= 0.6 is 0 Å². The zero-order valence-electron chi connectivity index (χ0n) is 8.40. The van der Waals surface area contributed by atoms with Gasteiger partial charge in [-0.1, -0.05) is 0 Å². The third kappa shape index (κ3) is 1.76. The van der Waals surface area contributed by atoms with Gasteiger partial charge in [0.1, 0.15) is 5.69 Å². The van der Waals surface area contributed by atoms with Gasteiger partial charge in [0.05, 0.1) is 12.8 Å². The van der Waals surface area contributed by atoms with Gasteiger partial charge in [-0.3, -0.25) is 5.10 Å². The van der Waals surface area contributed by atoms with Crippen LogP contribution in [-0.4, -0.2) is 23.3 Å². The highest BCUT2D eigenvalue weighted by molar-refractivity contribution is 5.86. The van der Waals surface area contributed by atoms with Crippen LogP contribution in [-0.2, 0) is 4.74 Å². The number of aryl methyl sites for hydroxylation is 1. The molecule has 0 saturated heterocycles. The normalized spacial score (nSPS) is 10.3. The topological polar surface area (TPSA) is 68.1 Å². The second-order valence-electron chi connectivity index (χ2n) is 3.08.